The van der Waals surface area contributed by atoms with Gasteiger partial charge in [0.1, 0.15) is 5.15 Å². The van der Waals surface area contributed by atoms with E-state index in [4.69, 9.17) is 11.6 Å². The summed E-state index contributed by atoms with van der Waals surface area (Å²) in [5, 5.41) is 14.3. The van der Waals surface area contributed by atoms with Gasteiger partial charge in [-0.3, -0.25) is 0 Å². The third-order valence-electron chi connectivity index (χ3n) is 4.34. The molecule has 2 aromatic rings. The Morgan fingerprint density at radius 3 is 3.00 bits per heavy atom. The molecule has 0 aromatic carbocycles. The van der Waals surface area contributed by atoms with Crippen LogP contribution in [-0.2, 0) is 13.1 Å². The molecule has 7 heteroatoms. The van der Waals surface area contributed by atoms with Crippen molar-refractivity contribution in [3.63, 3.8) is 0 Å². The molecule has 0 unspecified atom stereocenters. The molecule has 24 heavy (non-hydrogen) atoms. The van der Waals surface area contributed by atoms with E-state index in [-0.39, 0.29) is 0 Å². The lowest BCUT2D eigenvalue weighted by molar-refractivity contribution is 0.00201. The Kier molecular flexibility index (Phi) is 4.71. The number of nitrogens with zero attached hydrogens (tertiary/aromatic N) is 3. The topological polar surface area (TPSA) is 43.4 Å². The number of piperazine rings is 1. The van der Waals surface area contributed by atoms with Crippen molar-refractivity contribution in [1.29, 1.82) is 0 Å². The molecule has 5 nitrogen and oxygen atoms in total. The molecular weight excluding hydrogens is 342 g/mol. The average Bonchev–Trinajstić information content (AvgIpc) is 3.14. The minimum Gasteiger partial charge on any atom is -0.378 e. The summed E-state index contributed by atoms with van der Waals surface area (Å²) in [5.74, 6) is 0. The summed E-state index contributed by atoms with van der Waals surface area (Å²) in [6.07, 6.45) is 4.10. The van der Waals surface area contributed by atoms with Crippen LogP contribution in [0.25, 0.3) is 5.70 Å². The lowest BCUT2D eigenvalue weighted by Crippen LogP contribution is -2.51. The molecule has 2 aromatic heterocycles. The van der Waals surface area contributed by atoms with Gasteiger partial charge in [-0.05, 0) is 17.5 Å². The molecule has 2 aliphatic rings. The molecule has 2 aliphatic heterocycles. The zero-order valence-corrected chi connectivity index (χ0v) is 14.9. The Morgan fingerprint density at radius 2 is 2.21 bits per heavy atom. The van der Waals surface area contributed by atoms with Crippen molar-refractivity contribution >= 4 is 28.6 Å². The SMILES string of the molecule is Clc1cc2c(cn1)CN(N1CCNCC1)C=C2NCc1cccs1. The van der Waals surface area contributed by atoms with Gasteiger partial charge >= 0.3 is 0 Å². The summed E-state index contributed by atoms with van der Waals surface area (Å²) in [6.45, 7) is 5.74. The molecule has 0 saturated carbocycles. The van der Waals surface area contributed by atoms with Gasteiger partial charge in [0, 0.05) is 61.1 Å². The summed E-state index contributed by atoms with van der Waals surface area (Å²) in [5.41, 5.74) is 3.46. The van der Waals surface area contributed by atoms with E-state index in [1.165, 1.54) is 10.4 Å². The van der Waals surface area contributed by atoms with Crippen LogP contribution >= 0.6 is 22.9 Å². The van der Waals surface area contributed by atoms with Gasteiger partial charge in [0.05, 0.1) is 12.2 Å². The number of pyridine rings is 1. The third kappa shape index (κ3) is 3.42. The van der Waals surface area contributed by atoms with Crippen molar-refractivity contribution in [2.24, 2.45) is 0 Å². The molecule has 4 heterocycles. The second-order valence-electron chi connectivity index (χ2n) is 5.94. The number of rotatable bonds is 4. The Morgan fingerprint density at radius 1 is 1.33 bits per heavy atom. The minimum absolute atomic E-state index is 0.535. The van der Waals surface area contributed by atoms with E-state index in [1.54, 1.807) is 11.3 Å². The molecule has 0 bridgehead atoms. The summed E-state index contributed by atoms with van der Waals surface area (Å²) in [6, 6.07) is 6.19. The highest BCUT2D eigenvalue weighted by molar-refractivity contribution is 7.09. The predicted octanol–water partition coefficient (Wildman–Crippen LogP) is 2.52. The molecule has 126 valence electrons. The van der Waals surface area contributed by atoms with E-state index in [9.17, 15) is 0 Å². The van der Waals surface area contributed by atoms with Crippen molar-refractivity contribution in [3.8, 4) is 0 Å². The maximum Gasteiger partial charge on any atom is 0.129 e. The maximum absolute atomic E-state index is 6.13. The fraction of sp³-hybridized carbons (Fsp3) is 0.353. The molecule has 1 fully saturated rings. The van der Waals surface area contributed by atoms with Crippen molar-refractivity contribution in [2.75, 3.05) is 26.2 Å². The number of hydrazine groups is 1. The highest BCUT2D eigenvalue weighted by atomic mass is 35.5. The van der Waals surface area contributed by atoms with Crippen LogP contribution in [0.15, 0.2) is 36.0 Å². The number of fused-ring (bicyclic) bond motifs is 1. The van der Waals surface area contributed by atoms with Crippen LogP contribution < -0.4 is 10.6 Å². The van der Waals surface area contributed by atoms with Crippen LogP contribution in [0.5, 0.6) is 0 Å². The quantitative estimate of drug-likeness (QED) is 0.819. The fourth-order valence-corrected chi connectivity index (χ4v) is 3.90. The fourth-order valence-electron chi connectivity index (χ4n) is 3.10. The van der Waals surface area contributed by atoms with E-state index in [0.717, 1.165) is 50.5 Å². The molecular formula is C17H20ClN5S. The Bertz CT molecular complexity index is 725. The standard InChI is InChI=1S/C17H20ClN5S/c18-17-8-15-13(9-21-17)11-23(22-5-3-19-4-6-22)12-16(15)20-10-14-2-1-7-24-14/h1-2,7-9,12,19-20H,3-6,10-11H2. The third-order valence-corrected chi connectivity index (χ3v) is 5.43. The number of thiophene rings is 1. The van der Waals surface area contributed by atoms with Gasteiger partial charge in [-0.2, -0.15) is 0 Å². The molecule has 0 radical (unpaired) electrons. The highest BCUT2D eigenvalue weighted by Gasteiger charge is 2.23. The van der Waals surface area contributed by atoms with E-state index >= 15 is 0 Å². The lowest BCUT2D eigenvalue weighted by Gasteiger charge is -2.40. The van der Waals surface area contributed by atoms with Gasteiger partial charge in [0.2, 0.25) is 0 Å². The van der Waals surface area contributed by atoms with E-state index in [1.807, 2.05) is 12.3 Å². The summed E-state index contributed by atoms with van der Waals surface area (Å²) in [7, 11) is 0. The van der Waals surface area contributed by atoms with Gasteiger partial charge in [0.15, 0.2) is 0 Å². The van der Waals surface area contributed by atoms with Crippen molar-refractivity contribution in [1.82, 2.24) is 25.6 Å². The smallest absolute Gasteiger partial charge is 0.129 e. The van der Waals surface area contributed by atoms with Gasteiger partial charge in [-0.15, -0.1) is 11.3 Å². The summed E-state index contributed by atoms with van der Waals surface area (Å²) >= 11 is 7.89. The number of hydrogen-bond donors (Lipinski definition) is 2. The number of nitrogens with one attached hydrogen (secondary N) is 2. The van der Waals surface area contributed by atoms with Crippen molar-refractivity contribution in [2.45, 2.75) is 13.1 Å². The number of hydrogen-bond acceptors (Lipinski definition) is 6. The average molecular weight is 362 g/mol. The first kappa shape index (κ1) is 15.9. The first-order valence-electron chi connectivity index (χ1n) is 8.15. The molecule has 0 atom stereocenters. The van der Waals surface area contributed by atoms with Crippen LogP contribution in [0.4, 0.5) is 0 Å². The second kappa shape index (κ2) is 7.11. The van der Waals surface area contributed by atoms with Crippen LogP contribution in [0, 0.1) is 0 Å². The monoisotopic (exact) mass is 361 g/mol. The molecule has 0 aliphatic carbocycles. The van der Waals surface area contributed by atoms with E-state index < -0.39 is 0 Å². The van der Waals surface area contributed by atoms with Crippen molar-refractivity contribution in [3.05, 3.63) is 57.1 Å². The Hall–Kier alpha value is -1.60. The van der Waals surface area contributed by atoms with Crippen molar-refractivity contribution < 1.29 is 0 Å². The summed E-state index contributed by atoms with van der Waals surface area (Å²) < 4.78 is 0. The molecule has 1 saturated heterocycles. The zero-order chi connectivity index (χ0) is 16.4. The largest absolute Gasteiger partial charge is 0.378 e. The zero-order valence-electron chi connectivity index (χ0n) is 13.3. The van der Waals surface area contributed by atoms with Gasteiger partial charge in [-0.25, -0.2) is 9.99 Å². The molecule has 0 amide bonds. The van der Waals surface area contributed by atoms with Gasteiger partial charge < -0.3 is 15.6 Å². The predicted molar refractivity (Wildman–Crippen MR) is 98.4 cm³/mol. The van der Waals surface area contributed by atoms with Gasteiger partial charge in [-0.1, -0.05) is 17.7 Å². The molecule has 0 spiro atoms. The van der Waals surface area contributed by atoms with E-state index in [0.29, 0.717) is 5.15 Å². The highest BCUT2D eigenvalue weighted by Crippen LogP contribution is 2.28. The normalized spacial score (nSPS) is 18.2. The Balaban J connectivity index is 1.60. The van der Waals surface area contributed by atoms with Crippen LogP contribution in [0.3, 0.4) is 0 Å². The van der Waals surface area contributed by atoms with Crippen LogP contribution in [0.1, 0.15) is 16.0 Å². The first-order valence-corrected chi connectivity index (χ1v) is 9.40. The van der Waals surface area contributed by atoms with E-state index in [2.05, 4.69) is 49.3 Å². The Labute approximate surface area is 150 Å². The van der Waals surface area contributed by atoms with Crippen LogP contribution in [-0.4, -0.2) is 41.2 Å². The number of aromatic nitrogens is 1. The number of halogens is 1. The first-order chi connectivity index (χ1) is 11.8. The molecule has 4 rings (SSSR count). The second-order valence-corrected chi connectivity index (χ2v) is 7.36. The molecule has 2 N–H and O–H groups in total. The minimum atomic E-state index is 0.535. The van der Waals surface area contributed by atoms with Gasteiger partial charge in [0.25, 0.3) is 0 Å². The maximum atomic E-state index is 6.13. The van der Waals surface area contributed by atoms with Crippen LogP contribution in [0.2, 0.25) is 5.15 Å². The summed E-state index contributed by atoms with van der Waals surface area (Å²) in [4.78, 5) is 5.59. The lowest BCUT2D eigenvalue weighted by atomic mass is 10.0.